The Morgan fingerprint density at radius 1 is 1.06 bits per heavy atom. The SMILES string of the molecule is C=CCn1c(=NC(=O)C=Cc2cc(OC)c(OC)c(OC)c2)sc2cc(C)c(C)cc21. The number of allylic oxidation sites excluding steroid dienone is 1. The van der Waals surface area contributed by atoms with E-state index in [0.29, 0.717) is 28.6 Å². The van der Waals surface area contributed by atoms with E-state index in [2.05, 4.69) is 37.6 Å². The predicted molar refractivity (Wildman–Crippen MR) is 125 cm³/mol. The van der Waals surface area contributed by atoms with Crippen molar-refractivity contribution in [3.8, 4) is 17.2 Å². The van der Waals surface area contributed by atoms with E-state index in [4.69, 9.17) is 14.2 Å². The first kappa shape index (κ1) is 22.4. The van der Waals surface area contributed by atoms with Crippen LogP contribution in [0.25, 0.3) is 16.3 Å². The van der Waals surface area contributed by atoms with Crippen molar-refractivity contribution in [2.75, 3.05) is 21.3 Å². The molecule has 0 bridgehead atoms. The minimum atomic E-state index is -0.355. The van der Waals surface area contributed by atoms with Gasteiger partial charge >= 0.3 is 0 Å². The van der Waals surface area contributed by atoms with Crippen LogP contribution in [0.5, 0.6) is 17.2 Å². The summed E-state index contributed by atoms with van der Waals surface area (Å²) in [6.45, 7) is 8.56. The Hall–Kier alpha value is -3.32. The number of aryl methyl sites for hydroxylation is 2. The summed E-state index contributed by atoms with van der Waals surface area (Å²) < 4.78 is 19.1. The third-order valence-electron chi connectivity index (χ3n) is 4.92. The van der Waals surface area contributed by atoms with Crippen molar-refractivity contribution in [2.45, 2.75) is 20.4 Å². The molecule has 0 atom stereocenters. The van der Waals surface area contributed by atoms with Crippen LogP contribution in [0.2, 0.25) is 0 Å². The van der Waals surface area contributed by atoms with Gasteiger partial charge in [-0.25, -0.2) is 0 Å². The molecule has 0 saturated heterocycles. The summed E-state index contributed by atoms with van der Waals surface area (Å²) in [7, 11) is 4.65. The van der Waals surface area contributed by atoms with Gasteiger partial charge < -0.3 is 18.8 Å². The Balaban J connectivity index is 1.99. The standard InChI is InChI=1S/C24H26N2O4S/c1-7-10-26-18-11-15(2)16(3)12-21(18)31-24(26)25-22(27)9-8-17-13-19(28-4)23(30-6)20(14-17)29-5/h7-9,11-14H,1,10H2,2-6H3. The Morgan fingerprint density at radius 3 is 2.29 bits per heavy atom. The van der Waals surface area contributed by atoms with E-state index in [1.807, 2.05) is 4.57 Å². The lowest BCUT2D eigenvalue weighted by atomic mass is 10.1. The topological polar surface area (TPSA) is 62.1 Å². The maximum atomic E-state index is 12.6. The van der Waals surface area contributed by atoms with Crippen molar-refractivity contribution < 1.29 is 19.0 Å². The molecule has 0 unspecified atom stereocenters. The number of carbonyl (C=O) groups excluding carboxylic acids is 1. The zero-order valence-electron chi connectivity index (χ0n) is 18.4. The molecule has 3 rings (SSSR count). The largest absolute Gasteiger partial charge is 0.493 e. The molecule has 7 heteroatoms. The lowest BCUT2D eigenvalue weighted by Crippen LogP contribution is -2.15. The average Bonchev–Trinajstić information content (AvgIpc) is 3.07. The summed E-state index contributed by atoms with van der Waals surface area (Å²) in [6.07, 6.45) is 4.91. The molecule has 0 aliphatic heterocycles. The van der Waals surface area contributed by atoms with E-state index in [0.717, 1.165) is 15.8 Å². The maximum absolute atomic E-state index is 12.6. The van der Waals surface area contributed by atoms with Gasteiger partial charge in [0.05, 0.1) is 31.5 Å². The number of fused-ring (bicyclic) bond motifs is 1. The van der Waals surface area contributed by atoms with E-state index in [1.54, 1.807) is 45.6 Å². The van der Waals surface area contributed by atoms with Gasteiger partial charge in [-0.1, -0.05) is 17.4 Å². The fourth-order valence-corrected chi connectivity index (χ4v) is 4.33. The second-order valence-electron chi connectivity index (χ2n) is 6.93. The smallest absolute Gasteiger partial charge is 0.272 e. The Bertz CT molecular complexity index is 1210. The molecule has 6 nitrogen and oxygen atoms in total. The van der Waals surface area contributed by atoms with Crippen LogP contribution in [0, 0.1) is 13.8 Å². The van der Waals surface area contributed by atoms with E-state index < -0.39 is 0 Å². The van der Waals surface area contributed by atoms with Crippen molar-refractivity contribution in [3.05, 3.63) is 64.5 Å². The first-order valence-corrected chi connectivity index (χ1v) is 10.5. The molecule has 31 heavy (non-hydrogen) atoms. The number of thiazole rings is 1. The van der Waals surface area contributed by atoms with E-state index in [-0.39, 0.29) is 5.91 Å². The molecule has 162 valence electrons. The van der Waals surface area contributed by atoms with Gasteiger partial charge in [-0.3, -0.25) is 4.79 Å². The van der Waals surface area contributed by atoms with E-state index >= 15 is 0 Å². The summed E-state index contributed by atoms with van der Waals surface area (Å²) in [6, 6.07) is 7.80. The molecule has 0 radical (unpaired) electrons. The molecule has 1 amide bonds. The summed E-state index contributed by atoms with van der Waals surface area (Å²) in [5, 5.41) is 0. The highest BCUT2D eigenvalue weighted by Crippen LogP contribution is 2.38. The van der Waals surface area contributed by atoms with Gasteiger partial charge in [0.1, 0.15) is 0 Å². The molecule has 0 spiro atoms. The second-order valence-corrected chi connectivity index (χ2v) is 7.94. The van der Waals surface area contributed by atoms with E-state index in [1.165, 1.54) is 28.5 Å². The van der Waals surface area contributed by atoms with Gasteiger partial charge in [-0.15, -0.1) is 6.58 Å². The van der Waals surface area contributed by atoms with Gasteiger partial charge in [0.15, 0.2) is 16.3 Å². The number of amides is 1. The summed E-state index contributed by atoms with van der Waals surface area (Å²) in [5.74, 6) is 1.18. The number of carbonyl (C=O) groups is 1. The molecule has 0 fully saturated rings. The molecule has 0 N–H and O–H groups in total. The number of nitrogens with zero attached hydrogens (tertiary/aromatic N) is 2. The molecule has 2 aromatic carbocycles. The number of hydrogen-bond donors (Lipinski definition) is 0. The van der Waals surface area contributed by atoms with Crippen LogP contribution in [-0.2, 0) is 11.3 Å². The van der Waals surface area contributed by atoms with Crippen LogP contribution in [0.4, 0.5) is 0 Å². The first-order valence-electron chi connectivity index (χ1n) is 9.70. The third kappa shape index (κ3) is 4.72. The number of methoxy groups -OCH3 is 3. The number of hydrogen-bond acceptors (Lipinski definition) is 5. The molecular weight excluding hydrogens is 412 g/mol. The molecule has 0 saturated carbocycles. The normalized spacial score (nSPS) is 11.8. The highest BCUT2D eigenvalue weighted by Gasteiger charge is 2.12. The predicted octanol–water partition coefficient (Wildman–Crippen LogP) is 4.67. The summed E-state index contributed by atoms with van der Waals surface area (Å²) >= 11 is 1.49. The van der Waals surface area contributed by atoms with Crippen LogP contribution in [0.15, 0.2) is 48.0 Å². The van der Waals surface area contributed by atoms with Crippen LogP contribution in [-0.4, -0.2) is 31.8 Å². The molecule has 1 aromatic heterocycles. The van der Waals surface area contributed by atoms with Gasteiger partial charge in [0.25, 0.3) is 5.91 Å². The van der Waals surface area contributed by atoms with Crippen molar-refractivity contribution in [1.29, 1.82) is 0 Å². The lowest BCUT2D eigenvalue weighted by Gasteiger charge is -2.12. The zero-order chi connectivity index (χ0) is 22.5. The molecule has 0 aliphatic carbocycles. The Kier molecular flexibility index (Phi) is 6.97. The highest BCUT2D eigenvalue weighted by molar-refractivity contribution is 7.16. The highest BCUT2D eigenvalue weighted by atomic mass is 32.1. The number of aromatic nitrogens is 1. The minimum Gasteiger partial charge on any atom is -0.493 e. The Morgan fingerprint density at radius 2 is 1.71 bits per heavy atom. The quantitative estimate of drug-likeness (QED) is 0.397. The average molecular weight is 439 g/mol. The van der Waals surface area contributed by atoms with Crippen LogP contribution in [0.3, 0.4) is 0 Å². The first-order chi connectivity index (χ1) is 14.9. The van der Waals surface area contributed by atoms with Crippen LogP contribution in [0.1, 0.15) is 16.7 Å². The zero-order valence-corrected chi connectivity index (χ0v) is 19.2. The molecule has 1 heterocycles. The van der Waals surface area contributed by atoms with Crippen LogP contribution < -0.4 is 19.0 Å². The number of ether oxygens (including phenoxy) is 3. The lowest BCUT2D eigenvalue weighted by molar-refractivity contribution is -0.113. The fourth-order valence-electron chi connectivity index (χ4n) is 3.21. The van der Waals surface area contributed by atoms with Gasteiger partial charge in [-0.2, -0.15) is 4.99 Å². The number of benzene rings is 2. The Labute approximate surface area is 185 Å². The number of rotatable bonds is 7. The monoisotopic (exact) mass is 438 g/mol. The fraction of sp³-hybridized carbons (Fsp3) is 0.250. The van der Waals surface area contributed by atoms with Crippen molar-refractivity contribution in [2.24, 2.45) is 4.99 Å². The molecule has 3 aromatic rings. The van der Waals surface area contributed by atoms with Gasteiger partial charge in [0, 0.05) is 12.6 Å². The van der Waals surface area contributed by atoms with Gasteiger partial charge in [0.2, 0.25) is 5.75 Å². The third-order valence-corrected chi connectivity index (χ3v) is 5.96. The molecule has 0 aliphatic rings. The van der Waals surface area contributed by atoms with Crippen molar-refractivity contribution >= 4 is 33.5 Å². The maximum Gasteiger partial charge on any atom is 0.272 e. The minimum absolute atomic E-state index is 0.355. The van der Waals surface area contributed by atoms with Crippen LogP contribution >= 0.6 is 11.3 Å². The van der Waals surface area contributed by atoms with Gasteiger partial charge in [-0.05, 0) is 60.9 Å². The molecular formula is C24H26N2O4S. The summed E-state index contributed by atoms with van der Waals surface area (Å²) in [4.78, 5) is 17.6. The van der Waals surface area contributed by atoms with Crippen molar-refractivity contribution in [3.63, 3.8) is 0 Å². The summed E-state index contributed by atoms with van der Waals surface area (Å²) in [5.41, 5.74) is 4.19. The van der Waals surface area contributed by atoms with E-state index in [9.17, 15) is 4.79 Å². The second kappa shape index (κ2) is 9.66. The van der Waals surface area contributed by atoms with Crippen molar-refractivity contribution in [1.82, 2.24) is 4.57 Å².